The van der Waals surface area contributed by atoms with Gasteiger partial charge in [0.1, 0.15) is 0 Å². The number of halogens is 2. The van der Waals surface area contributed by atoms with Gasteiger partial charge in [0.05, 0.1) is 29.7 Å². The SMILES string of the molecule is COc1cc(/C=C2/SC(=O)N(Cc3ccc(Cl)cc3)C2=O)cc(Cl)c1OC(C)C. The monoisotopic (exact) mass is 451 g/mol. The maximum Gasteiger partial charge on any atom is 0.293 e. The molecule has 0 N–H and O–H groups in total. The van der Waals surface area contributed by atoms with Gasteiger partial charge in [-0.2, -0.15) is 0 Å². The summed E-state index contributed by atoms with van der Waals surface area (Å²) in [7, 11) is 1.52. The second-order valence-electron chi connectivity index (χ2n) is 6.60. The predicted molar refractivity (Wildman–Crippen MR) is 117 cm³/mol. The van der Waals surface area contributed by atoms with Crippen molar-refractivity contribution in [1.82, 2.24) is 4.90 Å². The predicted octanol–water partition coefficient (Wildman–Crippen LogP) is 6.03. The quantitative estimate of drug-likeness (QED) is 0.502. The molecule has 0 spiro atoms. The number of rotatable bonds is 6. The van der Waals surface area contributed by atoms with Gasteiger partial charge in [0, 0.05) is 5.02 Å². The molecule has 152 valence electrons. The molecule has 1 aliphatic rings. The molecule has 1 aliphatic heterocycles. The summed E-state index contributed by atoms with van der Waals surface area (Å²) >= 11 is 13.1. The molecule has 0 bridgehead atoms. The molecule has 0 radical (unpaired) electrons. The molecule has 29 heavy (non-hydrogen) atoms. The van der Waals surface area contributed by atoms with E-state index in [1.165, 1.54) is 12.0 Å². The van der Waals surface area contributed by atoms with E-state index in [0.29, 0.717) is 32.0 Å². The summed E-state index contributed by atoms with van der Waals surface area (Å²) in [6.45, 7) is 3.96. The Morgan fingerprint density at radius 1 is 1.14 bits per heavy atom. The zero-order valence-corrected chi connectivity index (χ0v) is 18.4. The van der Waals surface area contributed by atoms with Gasteiger partial charge in [-0.25, -0.2) is 0 Å². The minimum Gasteiger partial charge on any atom is -0.493 e. The second kappa shape index (κ2) is 9.11. The zero-order chi connectivity index (χ0) is 21.1. The number of nitrogens with zero attached hydrogens (tertiary/aromatic N) is 1. The Morgan fingerprint density at radius 2 is 1.83 bits per heavy atom. The van der Waals surface area contributed by atoms with Crippen molar-refractivity contribution in [2.24, 2.45) is 0 Å². The molecule has 2 amide bonds. The lowest BCUT2D eigenvalue weighted by atomic mass is 10.1. The lowest BCUT2D eigenvalue weighted by Crippen LogP contribution is -2.27. The van der Waals surface area contributed by atoms with Crippen LogP contribution < -0.4 is 9.47 Å². The van der Waals surface area contributed by atoms with Crippen LogP contribution in [0, 0.1) is 0 Å². The van der Waals surface area contributed by atoms with Crippen molar-refractivity contribution in [3.63, 3.8) is 0 Å². The highest BCUT2D eigenvalue weighted by atomic mass is 35.5. The maximum absolute atomic E-state index is 12.7. The molecule has 0 aliphatic carbocycles. The number of ether oxygens (including phenoxy) is 2. The van der Waals surface area contributed by atoms with Crippen molar-refractivity contribution < 1.29 is 19.1 Å². The number of thioether (sulfide) groups is 1. The van der Waals surface area contributed by atoms with E-state index in [4.69, 9.17) is 32.7 Å². The average Bonchev–Trinajstić information content (AvgIpc) is 2.92. The highest BCUT2D eigenvalue weighted by molar-refractivity contribution is 8.18. The van der Waals surface area contributed by atoms with Crippen molar-refractivity contribution in [2.75, 3.05) is 7.11 Å². The third kappa shape index (κ3) is 5.07. The van der Waals surface area contributed by atoms with Gasteiger partial charge in [-0.05, 0) is 67.1 Å². The van der Waals surface area contributed by atoms with Gasteiger partial charge in [-0.15, -0.1) is 0 Å². The summed E-state index contributed by atoms with van der Waals surface area (Å²) in [5.74, 6) is 0.544. The Labute approximate surface area is 183 Å². The van der Waals surface area contributed by atoms with Crippen molar-refractivity contribution in [2.45, 2.75) is 26.5 Å². The number of carbonyl (C=O) groups excluding carboxylic acids is 2. The number of hydrogen-bond acceptors (Lipinski definition) is 5. The molecule has 0 unspecified atom stereocenters. The third-order valence-corrected chi connectivity index (χ3v) is 5.47. The first-order valence-electron chi connectivity index (χ1n) is 8.82. The summed E-state index contributed by atoms with van der Waals surface area (Å²) in [4.78, 5) is 26.6. The minimum atomic E-state index is -0.354. The Morgan fingerprint density at radius 3 is 2.45 bits per heavy atom. The Kier molecular flexibility index (Phi) is 6.77. The lowest BCUT2D eigenvalue weighted by molar-refractivity contribution is -0.123. The molecule has 5 nitrogen and oxygen atoms in total. The van der Waals surface area contributed by atoms with Crippen LogP contribution in [-0.4, -0.2) is 29.3 Å². The van der Waals surface area contributed by atoms with Crippen LogP contribution >= 0.6 is 35.0 Å². The highest BCUT2D eigenvalue weighted by Gasteiger charge is 2.35. The van der Waals surface area contributed by atoms with Crippen LogP contribution in [0.2, 0.25) is 10.0 Å². The van der Waals surface area contributed by atoms with E-state index >= 15 is 0 Å². The third-order valence-electron chi connectivity index (χ3n) is 4.03. The zero-order valence-electron chi connectivity index (χ0n) is 16.1. The molecule has 2 aromatic rings. The van der Waals surface area contributed by atoms with Gasteiger partial charge >= 0.3 is 0 Å². The Balaban J connectivity index is 1.85. The fraction of sp³-hybridized carbons (Fsp3) is 0.238. The van der Waals surface area contributed by atoms with Crippen molar-refractivity contribution >= 4 is 52.2 Å². The highest BCUT2D eigenvalue weighted by Crippen LogP contribution is 2.39. The van der Waals surface area contributed by atoms with Crippen LogP contribution in [0.1, 0.15) is 25.0 Å². The first kappa shape index (κ1) is 21.6. The topological polar surface area (TPSA) is 55.8 Å². The summed E-state index contributed by atoms with van der Waals surface area (Å²) < 4.78 is 11.1. The number of carbonyl (C=O) groups is 2. The number of imide groups is 1. The van der Waals surface area contributed by atoms with Crippen molar-refractivity contribution in [3.05, 3.63) is 62.5 Å². The van der Waals surface area contributed by atoms with Gasteiger partial charge in [-0.3, -0.25) is 14.5 Å². The summed E-state index contributed by atoms with van der Waals surface area (Å²) in [6.07, 6.45) is 1.55. The summed E-state index contributed by atoms with van der Waals surface area (Å²) in [6, 6.07) is 10.4. The standard InChI is InChI=1S/C21H19Cl2NO4S/c1-12(2)28-19-16(23)8-14(9-17(19)27-3)10-18-20(25)24(21(26)29-18)11-13-4-6-15(22)7-5-13/h4-10,12H,11H2,1-3H3/b18-10+. The Hall–Kier alpha value is -2.15. The largest absolute Gasteiger partial charge is 0.493 e. The molecule has 0 atom stereocenters. The van der Waals surface area contributed by atoms with Crippen LogP contribution in [0.5, 0.6) is 11.5 Å². The van der Waals surface area contributed by atoms with Gasteiger partial charge in [0.2, 0.25) is 0 Å². The second-order valence-corrected chi connectivity index (χ2v) is 8.43. The molecule has 1 saturated heterocycles. The van der Waals surface area contributed by atoms with E-state index in [0.717, 1.165) is 17.3 Å². The van der Waals surface area contributed by atoms with Gasteiger partial charge in [0.25, 0.3) is 11.1 Å². The number of hydrogen-bond donors (Lipinski definition) is 0. The number of methoxy groups -OCH3 is 1. The number of benzene rings is 2. The average molecular weight is 452 g/mol. The molecular weight excluding hydrogens is 433 g/mol. The van der Waals surface area contributed by atoms with Crippen molar-refractivity contribution in [3.8, 4) is 11.5 Å². The van der Waals surface area contributed by atoms with E-state index < -0.39 is 0 Å². The van der Waals surface area contributed by atoms with E-state index in [1.807, 2.05) is 13.8 Å². The van der Waals surface area contributed by atoms with Gasteiger partial charge in [-0.1, -0.05) is 35.3 Å². The molecule has 3 rings (SSSR count). The van der Waals surface area contributed by atoms with E-state index in [2.05, 4.69) is 0 Å². The van der Waals surface area contributed by atoms with E-state index in [-0.39, 0.29) is 23.8 Å². The molecule has 0 saturated carbocycles. The summed E-state index contributed by atoms with van der Waals surface area (Å²) in [5.41, 5.74) is 1.46. The number of amides is 2. The maximum atomic E-state index is 12.7. The lowest BCUT2D eigenvalue weighted by Gasteiger charge is -2.15. The van der Waals surface area contributed by atoms with Gasteiger partial charge in [0.15, 0.2) is 11.5 Å². The smallest absolute Gasteiger partial charge is 0.293 e. The molecule has 1 fully saturated rings. The van der Waals surface area contributed by atoms with E-state index in [1.54, 1.807) is 42.5 Å². The first-order valence-corrected chi connectivity index (χ1v) is 10.4. The minimum absolute atomic E-state index is 0.0726. The molecule has 1 heterocycles. The fourth-order valence-corrected chi connectivity index (χ4v) is 3.96. The molecule has 8 heteroatoms. The van der Waals surface area contributed by atoms with Gasteiger partial charge < -0.3 is 9.47 Å². The van der Waals surface area contributed by atoms with Crippen LogP contribution in [-0.2, 0) is 11.3 Å². The van der Waals surface area contributed by atoms with Crippen LogP contribution in [0.25, 0.3) is 6.08 Å². The molecule has 2 aromatic carbocycles. The summed E-state index contributed by atoms with van der Waals surface area (Å²) in [5, 5.41) is 0.636. The van der Waals surface area contributed by atoms with Crippen molar-refractivity contribution in [1.29, 1.82) is 0 Å². The molecular formula is C21H19Cl2NO4S. The first-order chi connectivity index (χ1) is 13.8. The Bertz CT molecular complexity index is 973. The van der Waals surface area contributed by atoms with Crippen LogP contribution in [0.3, 0.4) is 0 Å². The normalized spacial score (nSPS) is 15.5. The van der Waals surface area contributed by atoms with E-state index in [9.17, 15) is 9.59 Å². The molecule has 0 aromatic heterocycles. The van der Waals surface area contributed by atoms with Crippen LogP contribution in [0.4, 0.5) is 4.79 Å². The fourth-order valence-electron chi connectivity index (χ4n) is 2.73. The van der Waals surface area contributed by atoms with Crippen LogP contribution in [0.15, 0.2) is 41.3 Å².